The number of nitrogens with zero attached hydrogens (tertiary/aromatic N) is 2. The molecular formula is C27H45N3O3. The van der Waals surface area contributed by atoms with Gasteiger partial charge in [0, 0.05) is 32.8 Å². The molecule has 3 unspecified atom stereocenters. The topological polar surface area (TPSA) is 54.0 Å². The molecule has 0 bridgehead atoms. The Hall–Kier alpha value is -1.47. The van der Waals surface area contributed by atoms with E-state index in [0.717, 1.165) is 51.3 Å². The number of hydrogen-bond acceptors (Lipinski definition) is 5. The number of piperazine rings is 1. The van der Waals surface area contributed by atoms with Gasteiger partial charge in [0.2, 0.25) is 5.91 Å². The molecule has 1 aromatic carbocycles. The molecule has 3 fully saturated rings. The molecule has 3 heterocycles. The van der Waals surface area contributed by atoms with Crippen molar-refractivity contribution in [3.8, 4) is 0 Å². The molecule has 4 rings (SSSR count). The van der Waals surface area contributed by atoms with Gasteiger partial charge in [0.05, 0.1) is 31.2 Å². The largest absolute Gasteiger partial charge is 0.380 e. The second-order valence-corrected chi connectivity index (χ2v) is 9.62. The number of benzene rings is 1. The first kappa shape index (κ1) is 26.1. The molecule has 1 aromatic rings. The maximum absolute atomic E-state index is 13.1. The van der Waals surface area contributed by atoms with E-state index in [1.165, 1.54) is 37.1 Å². The van der Waals surface area contributed by atoms with Gasteiger partial charge in [-0.25, -0.2) is 0 Å². The summed E-state index contributed by atoms with van der Waals surface area (Å²) in [5, 5.41) is 3.22. The van der Waals surface area contributed by atoms with Crippen LogP contribution in [-0.4, -0.2) is 86.4 Å². The highest BCUT2D eigenvalue weighted by Gasteiger charge is 2.41. The van der Waals surface area contributed by atoms with Crippen LogP contribution in [0.25, 0.3) is 0 Å². The highest BCUT2D eigenvalue weighted by atomic mass is 16.5. The average molecular weight is 460 g/mol. The van der Waals surface area contributed by atoms with Gasteiger partial charge in [-0.3, -0.25) is 9.69 Å². The summed E-state index contributed by atoms with van der Waals surface area (Å²) in [5.41, 5.74) is 3.64. The Morgan fingerprint density at radius 2 is 1.94 bits per heavy atom. The van der Waals surface area contributed by atoms with E-state index in [-0.39, 0.29) is 24.1 Å². The monoisotopic (exact) mass is 459 g/mol. The molecule has 0 spiro atoms. The Morgan fingerprint density at radius 1 is 1.15 bits per heavy atom. The van der Waals surface area contributed by atoms with Crippen molar-refractivity contribution < 1.29 is 14.3 Å². The zero-order chi connectivity index (χ0) is 23.6. The van der Waals surface area contributed by atoms with Crippen molar-refractivity contribution in [1.29, 1.82) is 0 Å². The van der Waals surface area contributed by atoms with Crippen molar-refractivity contribution in [3.05, 3.63) is 34.9 Å². The molecular weight excluding hydrogens is 414 g/mol. The number of carbonyl (C=O) groups is 1. The first-order chi connectivity index (χ1) is 16.0. The SMILES string of the molecule is C1CCNC1.CCOC(CC)CN1CCN(C(=O)Cc2ccc(C)c(C)c2)C2CCOCC21. The number of carbonyl (C=O) groups excluding carboxylic acids is 1. The minimum Gasteiger partial charge on any atom is -0.380 e. The predicted octanol–water partition coefficient (Wildman–Crippen LogP) is 3.33. The zero-order valence-electron chi connectivity index (χ0n) is 21.3. The molecule has 33 heavy (non-hydrogen) atoms. The second kappa shape index (κ2) is 13.4. The smallest absolute Gasteiger partial charge is 0.227 e. The third kappa shape index (κ3) is 7.51. The molecule has 0 saturated carbocycles. The molecule has 3 saturated heterocycles. The standard InChI is InChI=1S/C23H36N2O3.C4H9N/c1-5-20(28-6-2)15-24-10-11-25(21-9-12-27-16-22(21)24)23(26)14-19-8-7-17(3)18(4)13-19;1-2-4-5-3-1/h7-8,13,20-22H,5-6,9-12,14-16H2,1-4H3;5H,1-4H2. The highest BCUT2D eigenvalue weighted by Crippen LogP contribution is 2.26. The molecule has 186 valence electrons. The fourth-order valence-corrected chi connectivity index (χ4v) is 5.14. The van der Waals surface area contributed by atoms with Gasteiger partial charge < -0.3 is 19.7 Å². The molecule has 6 nitrogen and oxygen atoms in total. The summed E-state index contributed by atoms with van der Waals surface area (Å²) in [4.78, 5) is 17.8. The lowest BCUT2D eigenvalue weighted by atomic mass is 9.95. The predicted molar refractivity (Wildman–Crippen MR) is 134 cm³/mol. The van der Waals surface area contributed by atoms with Crippen LogP contribution in [0.2, 0.25) is 0 Å². The first-order valence-corrected chi connectivity index (χ1v) is 13.0. The molecule has 6 heteroatoms. The maximum Gasteiger partial charge on any atom is 0.227 e. The van der Waals surface area contributed by atoms with Crippen molar-refractivity contribution in [2.24, 2.45) is 0 Å². The number of amides is 1. The van der Waals surface area contributed by atoms with Crippen LogP contribution < -0.4 is 5.32 Å². The number of rotatable bonds is 7. The number of nitrogens with one attached hydrogen (secondary N) is 1. The van der Waals surface area contributed by atoms with Crippen LogP contribution in [0.1, 0.15) is 56.2 Å². The molecule has 0 aliphatic carbocycles. The second-order valence-electron chi connectivity index (χ2n) is 9.62. The van der Waals surface area contributed by atoms with Gasteiger partial charge in [-0.05, 0) is 76.2 Å². The highest BCUT2D eigenvalue weighted by molar-refractivity contribution is 5.79. The van der Waals surface area contributed by atoms with E-state index < -0.39 is 0 Å². The van der Waals surface area contributed by atoms with Gasteiger partial charge in [0.1, 0.15) is 0 Å². The lowest BCUT2D eigenvalue weighted by Crippen LogP contribution is -2.65. The van der Waals surface area contributed by atoms with E-state index in [1.54, 1.807) is 0 Å². The van der Waals surface area contributed by atoms with Gasteiger partial charge >= 0.3 is 0 Å². The Balaban J connectivity index is 0.000000541. The Labute approximate surface area is 201 Å². The van der Waals surface area contributed by atoms with Crippen LogP contribution in [0.3, 0.4) is 0 Å². The Bertz CT molecular complexity index is 730. The fourth-order valence-electron chi connectivity index (χ4n) is 5.14. The third-order valence-corrected chi connectivity index (χ3v) is 7.29. The summed E-state index contributed by atoms with van der Waals surface area (Å²) in [6.07, 6.45) is 5.45. The van der Waals surface area contributed by atoms with E-state index in [4.69, 9.17) is 9.47 Å². The average Bonchev–Trinajstić information content (AvgIpc) is 3.41. The number of hydrogen-bond donors (Lipinski definition) is 1. The Kier molecular flexibility index (Phi) is 10.6. The van der Waals surface area contributed by atoms with Crippen LogP contribution in [0.15, 0.2) is 18.2 Å². The summed E-state index contributed by atoms with van der Waals surface area (Å²) in [6.45, 7) is 15.8. The summed E-state index contributed by atoms with van der Waals surface area (Å²) in [5.74, 6) is 0.247. The van der Waals surface area contributed by atoms with Crippen LogP contribution in [-0.2, 0) is 20.7 Å². The van der Waals surface area contributed by atoms with Crippen LogP contribution in [0.4, 0.5) is 0 Å². The quantitative estimate of drug-likeness (QED) is 0.678. The van der Waals surface area contributed by atoms with Crippen LogP contribution >= 0.6 is 0 Å². The lowest BCUT2D eigenvalue weighted by Gasteiger charge is -2.50. The van der Waals surface area contributed by atoms with Gasteiger partial charge in [0.15, 0.2) is 0 Å². The van der Waals surface area contributed by atoms with Gasteiger partial charge in [-0.2, -0.15) is 0 Å². The molecule has 0 radical (unpaired) electrons. The fraction of sp³-hybridized carbons (Fsp3) is 0.741. The van der Waals surface area contributed by atoms with E-state index in [2.05, 4.69) is 61.0 Å². The van der Waals surface area contributed by atoms with Crippen LogP contribution in [0, 0.1) is 13.8 Å². The maximum atomic E-state index is 13.1. The summed E-state index contributed by atoms with van der Waals surface area (Å²) in [6, 6.07) is 6.89. The summed E-state index contributed by atoms with van der Waals surface area (Å²) >= 11 is 0. The third-order valence-electron chi connectivity index (χ3n) is 7.29. The lowest BCUT2D eigenvalue weighted by molar-refractivity contribution is -0.145. The van der Waals surface area contributed by atoms with Crippen molar-refractivity contribution >= 4 is 5.91 Å². The summed E-state index contributed by atoms with van der Waals surface area (Å²) < 4.78 is 11.7. The molecule has 0 aromatic heterocycles. The molecule has 3 aliphatic rings. The first-order valence-electron chi connectivity index (χ1n) is 13.0. The van der Waals surface area contributed by atoms with Crippen molar-refractivity contribution in [2.45, 2.75) is 78.0 Å². The number of fused-ring (bicyclic) bond motifs is 1. The Morgan fingerprint density at radius 3 is 2.58 bits per heavy atom. The number of aryl methyl sites for hydroxylation is 2. The minimum atomic E-state index is 0.247. The molecule has 3 atom stereocenters. The zero-order valence-corrected chi connectivity index (χ0v) is 21.3. The van der Waals surface area contributed by atoms with E-state index in [0.29, 0.717) is 13.0 Å². The van der Waals surface area contributed by atoms with Gasteiger partial charge in [-0.15, -0.1) is 0 Å². The van der Waals surface area contributed by atoms with Crippen molar-refractivity contribution in [2.75, 3.05) is 52.5 Å². The van der Waals surface area contributed by atoms with E-state index >= 15 is 0 Å². The molecule has 3 aliphatic heterocycles. The van der Waals surface area contributed by atoms with Crippen LogP contribution in [0.5, 0.6) is 0 Å². The molecule has 1 N–H and O–H groups in total. The molecule has 1 amide bonds. The van der Waals surface area contributed by atoms with Gasteiger partial charge in [-0.1, -0.05) is 25.1 Å². The van der Waals surface area contributed by atoms with Crippen molar-refractivity contribution in [1.82, 2.24) is 15.1 Å². The van der Waals surface area contributed by atoms with Crippen molar-refractivity contribution in [3.63, 3.8) is 0 Å². The van der Waals surface area contributed by atoms with E-state index in [1.807, 2.05) is 0 Å². The van der Waals surface area contributed by atoms with Gasteiger partial charge in [0.25, 0.3) is 0 Å². The minimum absolute atomic E-state index is 0.247. The summed E-state index contributed by atoms with van der Waals surface area (Å²) in [7, 11) is 0. The normalized spacial score (nSPS) is 24.1. The number of ether oxygens (including phenoxy) is 2. The van der Waals surface area contributed by atoms with E-state index in [9.17, 15) is 4.79 Å².